The highest BCUT2D eigenvalue weighted by Gasteiger charge is 2.05. The van der Waals surface area contributed by atoms with E-state index in [4.69, 9.17) is 11.6 Å². The maximum absolute atomic E-state index is 12.0. The molecule has 0 heterocycles. The Kier molecular flexibility index (Phi) is 5.84. The van der Waals surface area contributed by atoms with Crippen molar-refractivity contribution in [3.05, 3.63) is 58.6 Å². The Morgan fingerprint density at radius 1 is 1.14 bits per heavy atom. The van der Waals surface area contributed by atoms with E-state index in [1.165, 1.54) is 5.56 Å². The second-order valence-electron chi connectivity index (χ2n) is 5.23. The summed E-state index contributed by atoms with van der Waals surface area (Å²) >= 11 is 5.95. The summed E-state index contributed by atoms with van der Waals surface area (Å²) in [5, 5.41) is 6.76. The molecule has 0 atom stereocenters. The van der Waals surface area contributed by atoms with E-state index in [-0.39, 0.29) is 5.91 Å². The lowest BCUT2D eigenvalue weighted by Gasteiger charge is -2.10. The number of amides is 1. The number of rotatable bonds is 6. The fraction of sp³-hybridized carbons (Fsp3) is 0.278. The van der Waals surface area contributed by atoms with Crippen molar-refractivity contribution in [1.82, 2.24) is 0 Å². The van der Waals surface area contributed by atoms with Gasteiger partial charge in [-0.15, -0.1) is 0 Å². The van der Waals surface area contributed by atoms with E-state index in [9.17, 15) is 4.79 Å². The van der Waals surface area contributed by atoms with E-state index in [2.05, 4.69) is 29.7 Å². The van der Waals surface area contributed by atoms with Crippen LogP contribution in [0.3, 0.4) is 0 Å². The van der Waals surface area contributed by atoms with Crippen LogP contribution in [0.1, 0.15) is 24.5 Å². The standard InChI is InChI=1S/C18H21ClN2O/c1-3-14-5-8-16(9-6-14)20-11-10-18(22)21-17-12-15(19)7-4-13(17)2/h4-9,12,20H,3,10-11H2,1-2H3,(H,21,22). The van der Waals surface area contributed by atoms with E-state index in [0.29, 0.717) is 18.0 Å². The number of benzene rings is 2. The highest BCUT2D eigenvalue weighted by molar-refractivity contribution is 6.31. The largest absolute Gasteiger partial charge is 0.385 e. The van der Waals surface area contributed by atoms with Gasteiger partial charge in [0.2, 0.25) is 5.91 Å². The molecular weight excluding hydrogens is 296 g/mol. The summed E-state index contributed by atoms with van der Waals surface area (Å²) in [4.78, 5) is 12.0. The van der Waals surface area contributed by atoms with Crippen molar-refractivity contribution in [2.45, 2.75) is 26.7 Å². The number of halogens is 1. The van der Waals surface area contributed by atoms with Crippen LogP contribution < -0.4 is 10.6 Å². The lowest BCUT2D eigenvalue weighted by atomic mass is 10.1. The topological polar surface area (TPSA) is 41.1 Å². The molecule has 0 saturated carbocycles. The number of hydrogen-bond donors (Lipinski definition) is 2. The highest BCUT2D eigenvalue weighted by Crippen LogP contribution is 2.20. The summed E-state index contributed by atoms with van der Waals surface area (Å²) in [6.07, 6.45) is 1.43. The number of nitrogens with one attached hydrogen (secondary N) is 2. The van der Waals surface area contributed by atoms with Gasteiger partial charge in [0.1, 0.15) is 0 Å². The number of hydrogen-bond acceptors (Lipinski definition) is 2. The Morgan fingerprint density at radius 2 is 1.86 bits per heavy atom. The van der Waals surface area contributed by atoms with Crippen molar-refractivity contribution in [2.24, 2.45) is 0 Å². The molecule has 22 heavy (non-hydrogen) atoms. The third kappa shape index (κ3) is 4.78. The van der Waals surface area contributed by atoms with Gasteiger partial charge < -0.3 is 10.6 Å². The fourth-order valence-electron chi connectivity index (χ4n) is 2.12. The van der Waals surface area contributed by atoms with Gasteiger partial charge in [0.05, 0.1) is 0 Å². The predicted octanol–water partition coefficient (Wildman–Crippen LogP) is 4.65. The summed E-state index contributed by atoms with van der Waals surface area (Å²) in [6.45, 7) is 4.67. The van der Waals surface area contributed by atoms with Crippen LogP contribution in [0, 0.1) is 6.92 Å². The summed E-state index contributed by atoms with van der Waals surface area (Å²) < 4.78 is 0. The molecule has 0 unspecified atom stereocenters. The first kappa shape index (κ1) is 16.4. The summed E-state index contributed by atoms with van der Waals surface area (Å²) in [6, 6.07) is 13.7. The normalized spacial score (nSPS) is 10.3. The lowest BCUT2D eigenvalue weighted by molar-refractivity contribution is -0.115. The van der Waals surface area contributed by atoms with Crippen molar-refractivity contribution >= 4 is 28.9 Å². The van der Waals surface area contributed by atoms with Gasteiger partial charge in [0.25, 0.3) is 0 Å². The predicted molar refractivity (Wildman–Crippen MR) is 93.7 cm³/mol. The number of carbonyl (C=O) groups is 1. The fourth-order valence-corrected chi connectivity index (χ4v) is 2.29. The molecule has 2 N–H and O–H groups in total. The van der Waals surface area contributed by atoms with E-state index in [1.54, 1.807) is 6.07 Å². The molecule has 0 fully saturated rings. The average Bonchev–Trinajstić information content (AvgIpc) is 2.51. The van der Waals surface area contributed by atoms with Gasteiger partial charge in [-0.3, -0.25) is 4.79 Å². The molecule has 4 heteroatoms. The third-order valence-electron chi connectivity index (χ3n) is 3.52. The SMILES string of the molecule is CCc1ccc(NCCC(=O)Nc2cc(Cl)ccc2C)cc1. The first-order valence-corrected chi connectivity index (χ1v) is 7.85. The first-order valence-electron chi connectivity index (χ1n) is 7.47. The molecule has 2 aromatic carbocycles. The van der Waals surface area contributed by atoms with Gasteiger partial charge in [-0.25, -0.2) is 0 Å². The van der Waals surface area contributed by atoms with E-state index in [0.717, 1.165) is 23.4 Å². The molecule has 0 aliphatic carbocycles. The second-order valence-corrected chi connectivity index (χ2v) is 5.67. The molecule has 0 spiro atoms. The zero-order chi connectivity index (χ0) is 15.9. The van der Waals surface area contributed by atoms with Crippen LogP contribution in [0.25, 0.3) is 0 Å². The maximum atomic E-state index is 12.0. The van der Waals surface area contributed by atoms with E-state index >= 15 is 0 Å². The molecule has 0 radical (unpaired) electrons. The minimum Gasteiger partial charge on any atom is -0.385 e. The molecule has 0 aliphatic rings. The van der Waals surface area contributed by atoms with Crippen LogP contribution in [0.4, 0.5) is 11.4 Å². The third-order valence-corrected chi connectivity index (χ3v) is 3.75. The van der Waals surface area contributed by atoms with Gasteiger partial charge in [0.15, 0.2) is 0 Å². The smallest absolute Gasteiger partial charge is 0.226 e. The van der Waals surface area contributed by atoms with Crippen LogP contribution in [0.5, 0.6) is 0 Å². The Hall–Kier alpha value is -2.00. The zero-order valence-corrected chi connectivity index (χ0v) is 13.7. The van der Waals surface area contributed by atoms with Gasteiger partial charge in [-0.05, 0) is 48.7 Å². The molecule has 1 amide bonds. The molecule has 3 nitrogen and oxygen atoms in total. The second kappa shape index (κ2) is 7.85. The van der Waals surface area contributed by atoms with Crippen LogP contribution in [-0.2, 0) is 11.2 Å². The number of aryl methyl sites for hydroxylation is 2. The average molecular weight is 317 g/mol. The molecule has 0 aliphatic heterocycles. The van der Waals surface area contributed by atoms with Crippen molar-refractivity contribution in [1.29, 1.82) is 0 Å². The first-order chi connectivity index (χ1) is 10.6. The zero-order valence-electron chi connectivity index (χ0n) is 12.9. The molecular formula is C18H21ClN2O. The number of anilines is 2. The van der Waals surface area contributed by atoms with Crippen molar-refractivity contribution < 1.29 is 4.79 Å². The van der Waals surface area contributed by atoms with Gasteiger partial charge >= 0.3 is 0 Å². The molecule has 116 valence electrons. The van der Waals surface area contributed by atoms with Crippen LogP contribution in [0.15, 0.2) is 42.5 Å². The van der Waals surface area contributed by atoms with Crippen molar-refractivity contribution in [3.8, 4) is 0 Å². The molecule has 0 aromatic heterocycles. The van der Waals surface area contributed by atoms with Crippen LogP contribution >= 0.6 is 11.6 Å². The Bertz CT molecular complexity index is 638. The quantitative estimate of drug-likeness (QED) is 0.814. The molecule has 0 bridgehead atoms. The Labute approximate surface area is 136 Å². The van der Waals surface area contributed by atoms with Crippen LogP contribution in [0.2, 0.25) is 5.02 Å². The maximum Gasteiger partial charge on any atom is 0.226 e. The van der Waals surface area contributed by atoms with Gasteiger partial charge in [-0.1, -0.05) is 36.7 Å². The molecule has 2 aromatic rings. The summed E-state index contributed by atoms with van der Waals surface area (Å²) in [5.41, 5.74) is 4.11. The van der Waals surface area contributed by atoms with E-state index in [1.807, 2.05) is 31.2 Å². The minimum atomic E-state index is -0.0250. The minimum absolute atomic E-state index is 0.0250. The van der Waals surface area contributed by atoms with Gasteiger partial charge in [0, 0.05) is 29.4 Å². The Morgan fingerprint density at radius 3 is 2.55 bits per heavy atom. The molecule has 2 rings (SSSR count). The molecule has 0 saturated heterocycles. The Balaban J connectivity index is 1.81. The summed E-state index contributed by atoms with van der Waals surface area (Å²) in [5.74, 6) is -0.0250. The summed E-state index contributed by atoms with van der Waals surface area (Å²) in [7, 11) is 0. The number of carbonyl (C=O) groups excluding carboxylic acids is 1. The van der Waals surface area contributed by atoms with Crippen LogP contribution in [-0.4, -0.2) is 12.5 Å². The van der Waals surface area contributed by atoms with Crippen molar-refractivity contribution in [2.75, 3.05) is 17.2 Å². The monoisotopic (exact) mass is 316 g/mol. The van der Waals surface area contributed by atoms with Crippen molar-refractivity contribution in [3.63, 3.8) is 0 Å². The lowest BCUT2D eigenvalue weighted by Crippen LogP contribution is -2.16. The van der Waals surface area contributed by atoms with E-state index < -0.39 is 0 Å². The highest BCUT2D eigenvalue weighted by atomic mass is 35.5. The van der Waals surface area contributed by atoms with Gasteiger partial charge in [-0.2, -0.15) is 0 Å².